The normalized spacial score (nSPS) is 16.5. The minimum Gasteiger partial charge on any atom is -0.494 e. The van der Waals surface area contributed by atoms with Crippen molar-refractivity contribution in [2.75, 3.05) is 31.1 Å². The summed E-state index contributed by atoms with van der Waals surface area (Å²) >= 11 is 0. The highest BCUT2D eigenvalue weighted by atomic mass is 19.1. The summed E-state index contributed by atoms with van der Waals surface area (Å²) in [6.45, 7) is 5.07. The number of carbonyl (C=O) groups is 1. The lowest BCUT2D eigenvalue weighted by Crippen LogP contribution is -2.32. The van der Waals surface area contributed by atoms with Crippen LogP contribution in [0, 0.1) is 11.7 Å². The molecule has 0 radical (unpaired) electrons. The lowest BCUT2D eigenvalue weighted by molar-refractivity contribution is -0.120. The molecule has 0 aromatic heterocycles. The van der Waals surface area contributed by atoms with E-state index in [0.717, 1.165) is 36.5 Å². The van der Waals surface area contributed by atoms with Gasteiger partial charge in [0.1, 0.15) is 11.6 Å². The maximum atomic E-state index is 13.0. The van der Waals surface area contributed by atoms with Crippen molar-refractivity contribution in [3.05, 3.63) is 59.9 Å². The van der Waals surface area contributed by atoms with E-state index in [4.69, 9.17) is 4.74 Å². The Balaban J connectivity index is 1.42. The molecule has 1 amide bonds. The highest BCUT2D eigenvalue weighted by molar-refractivity contribution is 5.78. The van der Waals surface area contributed by atoms with Gasteiger partial charge in [0.25, 0.3) is 0 Å². The van der Waals surface area contributed by atoms with Crippen LogP contribution >= 0.6 is 0 Å². The van der Waals surface area contributed by atoms with Gasteiger partial charge in [-0.05, 0) is 61.2 Å². The van der Waals surface area contributed by atoms with Crippen molar-refractivity contribution in [2.45, 2.75) is 19.8 Å². The third-order valence-electron chi connectivity index (χ3n) is 4.66. The molecule has 0 bridgehead atoms. The fourth-order valence-electron chi connectivity index (χ4n) is 3.26. The Bertz CT molecular complexity index is 716. The molecule has 1 aliphatic heterocycles. The summed E-state index contributed by atoms with van der Waals surface area (Å²) in [5, 5.41) is 3.04. The predicted molar refractivity (Wildman–Crippen MR) is 101 cm³/mol. The van der Waals surface area contributed by atoms with Gasteiger partial charge >= 0.3 is 0 Å². The predicted octanol–water partition coefficient (Wildman–Crippen LogP) is 3.41. The Labute approximate surface area is 154 Å². The van der Waals surface area contributed by atoms with E-state index in [1.165, 1.54) is 12.1 Å². The van der Waals surface area contributed by atoms with Crippen LogP contribution < -0.4 is 15.0 Å². The Morgan fingerprint density at radius 3 is 2.62 bits per heavy atom. The number of carbonyl (C=O) groups excluding carboxylic acids is 1. The molecule has 1 aliphatic rings. The smallest absolute Gasteiger partial charge is 0.224 e. The number of hydrogen-bond donors (Lipinski definition) is 1. The number of ether oxygens (including phenoxy) is 1. The molecule has 0 spiro atoms. The van der Waals surface area contributed by atoms with Crippen LogP contribution in [0.3, 0.4) is 0 Å². The van der Waals surface area contributed by atoms with Crippen molar-refractivity contribution in [1.82, 2.24) is 5.32 Å². The minimum absolute atomic E-state index is 0.0365. The van der Waals surface area contributed by atoms with Crippen LogP contribution in [0.15, 0.2) is 48.5 Å². The number of nitrogens with zero attached hydrogens (tertiary/aromatic N) is 1. The molecule has 1 fully saturated rings. The number of hydrogen-bond acceptors (Lipinski definition) is 3. The number of benzene rings is 2. The SMILES string of the molecule is CCOc1ccc(CC(=O)NCC2CCN(c3ccc(F)cc3)C2)cc1. The standard InChI is InChI=1S/C21H25FN2O2/c1-2-26-20-9-3-16(4-10-20)13-21(25)23-14-17-11-12-24(15-17)19-7-5-18(22)6-8-19/h3-10,17H,2,11-15H2,1H3,(H,23,25). The number of halogens is 1. The number of nitrogens with one attached hydrogen (secondary N) is 1. The molecule has 3 rings (SSSR count). The second-order valence-corrected chi connectivity index (χ2v) is 6.63. The quantitative estimate of drug-likeness (QED) is 0.827. The van der Waals surface area contributed by atoms with Gasteiger partial charge < -0.3 is 15.0 Å². The largest absolute Gasteiger partial charge is 0.494 e. The van der Waals surface area contributed by atoms with E-state index in [-0.39, 0.29) is 11.7 Å². The summed E-state index contributed by atoms with van der Waals surface area (Å²) in [6, 6.07) is 14.2. The van der Waals surface area contributed by atoms with Crippen molar-refractivity contribution in [3.63, 3.8) is 0 Å². The van der Waals surface area contributed by atoms with Crippen LogP contribution in [0.25, 0.3) is 0 Å². The third kappa shape index (κ3) is 4.97. The first kappa shape index (κ1) is 18.2. The van der Waals surface area contributed by atoms with Crippen LogP contribution in [0.1, 0.15) is 18.9 Å². The highest BCUT2D eigenvalue weighted by Crippen LogP contribution is 2.23. The molecule has 1 heterocycles. The molecule has 1 unspecified atom stereocenters. The summed E-state index contributed by atoms with van der Waals surface area (Å²) in [5.41, 5.74) is 2.01. The molecule has 2 aromatic carbocycles. The zero-order chi connectivity index (χ0) is 18.4. The van der Waals surface area contributed by atoms with Gasteiger partial charge in [-0.3, -0.25) is 4.79 Å². The van der Waals surface area contributed by atoms with Crippen molar-refractivity contribution < 1.29 is 13.9 Å². The van der Waals surface area contributed by atoms with Gasteiger partial charge in [-0.25, -0.2) is 4.39 Å². The fraction of sp³-hybridized carbons (Fsp3) is 0.381. The average molecular weight is 356 g/mol. The van der Waals surface area contributed by atoms with Crippen LogP contribution in [-0.2, 0) is 11.2 Å². The van der Waals surface area contributed by atoms with E-state index in [1.54, 1.807) is 0 Å². The number of anilines is 1. The van der Waals surface area contributed by atoms with Crippen LogP contribution in [-0.4, -0.2) is 32.1 Å². The molecule has 1 saturated heterocycles. The van der Waals surface area contributed by atoms with E-state index >= 15 is 0 Å². The van der Waals surface area contributed by atoms with E-state index in [9.17, 15) is 9.18 Å². The Kier molecular flexibility index (Phi) is 6.10. The van der Waals surface area contributed by atoms with Gasteiger partial charge in [0, 0.05) is 25.3 Å². The maximum Gasteiger partial charge on any atom is 0.224 e. The molecular weight excluding hydrogens is 331 g/mol. The van der Waals surface area contributed by atoms with Crippen LogP contribution in [0.5, 0.6) is 5.75 Å². The fourth-order valence-corrected chi connectivity index (χ4v) is 3.26. The van der Waals surface area contributed by atoms with Gasteiger partial charge in [-0.15, -0.1) is 0 Å². The average Bonchev–Trinajstić information content (AvgIpc) is 3.11. The molecule has 0 aliphatic carbocycles. The van der Waals surface area contributed by atoms with E-state index < -0.39 is 0 Å². The Morgan fingerprint density at radius 2 is 1.92 bits per heavy atom. The number of rotatable bonds is 7. The number of amides is 1. The van der Waals surface area contributed by atoms with E-state index in [0.29, 0.717) is 25.5 Å². The first-order valence-corrected chi connectivity index (χ1v) is 9.13. The molecule has 4 nitrogen and oxygen atoms in total. The molecule has 5 heteroatoms. The molecule has 1 N–H and O–H groups in total. The third-order valence-corrected chi connectivity index (χ3v) is 4.66. The van der Waals surface area contributed by atoms with Crippen LogP contribution in [0.2, 0.25) is 0 Å². The second-order valence-electron chi connectivity index (χ2n) is 6.63. The van der Waals surface area contributed by atoms with E-state index in [2.05, 4.69) is 10.2 Å². The van der Waals surface area contributed by atoms with E-state index in [1.807, 2.05) is 43.3 Å². The lowest BCUT2D eigenvalue weighted by Gasteiger charge is -2.18. The molecule has 1 atom stereocenters. The molecular formula is C21H25FN2O2. The summed E-state index contributed by atoms with van der Waals surface area (Å²) in [6.07, 6.45) is 1.40. The van der Waals surface area contributed by atoms with Gasteiger partial charge in [-0.1, -0.05) is 12.1 Å². The Morgan fingerprint density at radius 1 is 1.19 bits per heavy atom. The van der Waals surface area contributed by atoms with Crippen molar-refractivity contribution in [3.8, 4) is 5.75 Å². The highest BCUT2D eigenvalue weighted by Gasteiger charge is 2.23. The maximum absolute atomic E-state index is 13.0. The van der Waals surface area contributed by atoms with Crippen LogP contribution in [0.4, 0.5) is 10.1 Å². The first-order valence-electron chi connectivity index (χ1n) is 9.13. The second kappa shape index (κ2) is 8.70. The zero-order valence-electron chi connectivity index (χ0n) is 15.1. The molecule has 2 aromatic rings. The van der Waals surface area contributed by atoms with Gasteiger partial charge in [0.2, 0.25) is 5.91 Å². The summed E-state index contributed by atoms with van der Waals surface area (Å²) in [4.78, 5) is 14.4. The Hall–Kier alpha value is -2.56. The van der Waals surface area contributed by atoms with Gasteiger partial charge in [0.05, 0.1) is 13.0 Å². The van der Waals surface area contributed by atoms with Crippen molar-refractivity contribution in [2.24, 2.45) is 5.92 Å². The van der Waals surface area contributed by atoms with Gasteiger partial charge in [-0.2, -0.15) is 0 Å². The minimum atomic E-state index is -0.217. The topological polar surface area (TPSA) is 41.6 Å². The summed E-state index contributed by atoms with van der Waals surface area (Å²) in [7, 11) is 0. The van der Waals surface area contributed by atoms with Gasteiger partial charge in [0.15, 0.2) is 0 Å². The van der Waals surface area contributed by atoms with Crippen molar-refractivity contribution >= 4 is 11.6 Å². The molecule has 138 valence electrons. The summed E-state index contributed by atoms with van der Waals surface area (Å²) < 4.78 is 18.4. The molecule has 0 saturated carbocycles. The lowest BCUT2D eigenvalue weighted by atomic mass is 10.1. The monoisotopic (exact) mass is 356 g/mol. The van der Waals surface area contributed by atoms with Crippen molar-refractivity contribution in [1.29, 1.82) is 0 Å². The summed E-state index contributed by atoms with van der Waals surface area (Å²) in [5.74, 6) is 1.06. The molecule has 26 heavy (non-hydrogen) atoms. The zero-order valence-corrected chi connectivity index (χ0v) is 15.1. The first-order chi connectivity index (χ1) is 12.6.